The van der Waals surface area contributed by atoms with Crippen molar-refractivity contribution < 1.29 is 32.3 Å². The van der Waals surface area contributed by atoms with E-state index in [-0.39, 0.29) is 18.8 Å². The molecule has 0 saturated heterocycles. The number of nitrogens with zero attached hydrogens (tertiary/aromatic N) is 3. The van der Waals surface area contributed by atoms with E-state index in [9.17, 15) is 27.6 Å². The third kappa shape index (κ3) is 7.89. The number of unbranched alkanes of at least 4 members (excludes halogenated alkanes) is 1. The normalized spacial score (nSPS) is 13.7. The van der Waals surface area contributed by atoms with Gasteiger partial charge in [-0.05, 0) is 24.3 Å². The minimum atomic E-state index is -4.58. The Kier molecular flexibility index (Phi) is 8.82. The van der Waals surface area contributed by atoms with Crippen LogP contribution >= 0.6 is 0 Å². The Morgan fingerprint density at radius 2 is 1.91 bits per heavy atom. The molecule has 0 spiro atoms. The highest BCUT2D eigenvalue weighted by Crippen LogP contribution is 2.28. The number of carbonyl (C=O) groups is 3. The lowest BCUT2D eigenvalue weighted by molar-refractivity contribution is -0.141. The molecule has 0 aliphatic rings. The number of ketones is 1. The van der Waals surface area contributed by atoms with Crippen molar-refractivity contribution in [1.82, 2.24) is 25.3 Å². The smallest absolute Gasteiger partial charge is 0.435 e. The number of alkyl carbamates (subject to hydrolysis) is 1. The van der Waals surface area contributed by atoms with E-state index in [0.29, 0.717) is 12.8 Å². The van der Waals surface area contributed by atoms with Crippen LogP contribution in [0.25, 0.3) is 0 Å². The summed E-state index contributed by atoms with van der Waals surface area (Å²) in [6.07, 6.45) is -2.97. The van der Waals surface area contributed by atoms with E-state index in [1.54, 1.807) is 20.8 Å². The van der Waals surface area contributed by atoms with E-state index in [0.717, 1.165) is 10.7 Å². The molecule has 0 radical (unpaired) electrons. The number of amides is 2. The number of carbonyl (C=O) groups excluding carboxylic acids is 3. The molecule has 2 rings (SSSR count). The van der Waals surface area contributed by atoms with E-state index in [4.69, 9.17) is 4.74 Å². The molecule has 2 aromatic rings. The Labute approximate surface area is 194 Å². The summed E-state index contributed by atoms with van der Waals surface area (Å²) < 4.78 is 44.9. The van der Waals surface area contributed by atoms with Crippen molar-refractivity contribution >= 4 is 23.6 Å². The molecule has 10 nitrogen and oxygen atoms in total. The van der Waals surface area contributed by atoms with Gasteiger partial charge in [0.25, 0.3) is 11.7 Å². The zero-order valence-electron chi connectivity index (χ0n) is 19.4. The molecule has 3 N–H and O–H groups in total. The van der Waals surface area contributed by atoms with Gasteiger partial charge in [0.05, 0.1) is 18.8 Å². The van der Waals surface area contributed by atoms with Crippen LogP contribution in [0.5, 0.6) is 0 Å². The number of hydrogen-bond donors (Lipinski definition) is 3. The molecule has 188 valence electrons. The SMILES string of the molecule is CCCC[C@H](OC(=O)NC(Cn1ccc(C(F)(F)F)n1)C(C)(C)C)C(=O)C(=O)Nc1ccn[nH]1. The number of aromatic nitrogens is 4. The average Bonchev–Trinajstić information content (AvgIpc) is 3.41. The van der Waals surface area contributed by atoms with Crippen LogP contribution in [0.15, 0.2) is 24.5 Å². The Hall–Kier alpha value is -3.38. The first-order chi connectivity index (χ1) is 15.8. The number of alkyl halides is 3. The second-order valence-corrected chi connectivity index (χ2v) is 8.81. The van der Waals surface area contributed by atoms with Crippen molar-refractivity contribution in [3.8, 4) is 0 Å². The monoisotopic (exact) mass is 486 g/mol. The summed E-state index contributed by atoms with van der Waals surface area (Å²) in [5.74, 6) is -1.70. The van der Waals surface area contributed by atoms with Crippen molar-refractivity contribution in [2.75, 3.05) is 5.32 Å². The molecule has 34 heavy (non-hydrogen) atoms. The maximum absolute atomic E-state index is 12.9. The van der Waals surface area contributed by atoms with Crippen LogP contribution in [0.3, 0.4) is 0 Å². The second kappa shape index (κ2) is 11.2. The van der Waals surface area contributed by atoms with Crippen molar-refractivity contribution in [2.45, 2.75) is 71.8 Å². The minimum Gasteiger partial charge on any atom is -0.438 e. The summed E-state index contributed by atoms with van der Waals surface area (Å²) in [4.78, 5) is 37.5. The Morgan fingerprint density at radius 1 is 1.21 bits per heavy atom. The highest BCUT2D eigenvalue weighted by molar-refractivity contribution is 6.42. The van der Waals surface area contributed by atoms with Crippen LogP contribution < -0.4 is 10.6 Å². The lowest BCUT2D eigenvalue weighted by Crippen LogP contribution is -2.48. The molecule has 2 heterocycles. The zero-order chi connectivity index (χ0) is 25.5. The van der Waals surface area contributed by atoms with Crippen molar-refractivity contribution in [3.63, 3.8) is 0 Å². The van der Waals surface area contributed by atoms with Gasteiger partial charge in [0.15, 0.2) is 11.8 Å². The standard InChI is InChI=1S/C21H29F3N6O4/c1-5-6-7-13(17(31)18(32)27-16-8-10-25-28-16)34-19(33)26-15(20(2,3)4)12-30-11-9-14(29-30)21(22,23)24/h8-11,13,15H,5-7,12H2,1-4H3,(H,26,33)(H2,25,27,28,32)/t13-,15?/m0/s1. The molecule has 0 aliphatic heterocycles. The lowest BCUT2D eigenvalue weighted by Gasteiger charge is -2.31. The van der Waals surface area contributed by atoms with E-state index < -0.39 is 47.2 Å². The van der Waals surface area contributed by atoms with Gasteiger partial charge in [-0.1, -0.05) is 34.1 Å². The van der Waals surface area contributed by atoms with Crippen LogP contribution in [0.2, 0.25) is 0 Å². The largest absolute Gasteiger partial charge is 0.438 e. The highest BCUT2D eigenvalue weighted by Gasteiger charge is 2.35. The summed E-state index contributed by atoms with van der Waals surface area (Å²) in [6.45, 7) is 7.15. The summed E-state index contributed by atoms with van der Waals surface area (Å²) in [7, 11) is 0. The van der Waals surface area contributed by atoms with E-state index in [1.165, 1.54) is 18.5 Å². The number of anilines is 1. The van der Waals surface area contributed by atoms with E-state index in [2.05, 4.69) is 25.9 Å². The predicted octanol–water partition coefficient (Wildman–Crippen LogP) is 3.53. The molecule has 1 unspecified atom stereocenters. The first kappa shape index (κ1) is 26.9. The van der Waals surface area contributed by atoms with Crippen LogP contribution in [0, 0.1) is 5.41 Å². The van der Waals surface area contributed by atoms with Crippen LogP contribution in [-0.4, -0.2) is 49.9 Å². The predicted molar refractivity (Wildman–Crippen MR) is 116 cm³/mol. The number of rotatable bonds is 10. The second-order valence-electron chi connectivity index (χ2n) is 8.81. The number of hydrogen-bond acceptors (Lipinski definition) is 6. The first-order valence-electron chi connectivity index (χ1n) is 10.7. The van der Waals surface area contributed by atoms with Gasteiger partial charge >= 0.3 is 12.3 Å². The molecule has 0 fully saturated rings. The first-order valence-corrected chi connectivity index (χ1v) is 10.7. The third-order valence-electron chi connectivity index (χ3n) is 4.97. The quantitative estimate of drug-likeness (QED) is 0.441. The van der Waals surface area contributed by atoms with Gasteiger partial charge in [-0.25, -0.2) is 4.79 Å². The van der Waals surface area contributed by atoms with Gasteiger partial charge in [-0.2, -0.15) is 23.4 Å². The van der Waals surface area contributed by atoms with Gasteiger partial charge < -0.3 is 15.4 Å². The average molecular weight is 486 g/mol. The topological polar surface area (TPSA) is 131 Å². The number of aromatic amines is 1. The van der Waals surface area contributed by atoms with Crippen molar-refractivity contribution in [2.24, 2.45) is 5.41 Å². The molecule has 0 aliphatic carbocycles. The number of halogens is 3. The molecule has 0 aromatic carbocycles. The fourth-order valence-corrected chi connectivity index (χ4v) is 2.93. The highest BCUT2D eigenvalue weighted by atomic mass is 19.4. The zero-order valence-corrected chi connectivity index (χ0v) is 19.4. The number of ether oxygens (including phenoxy) is 1. The molecular weight excluding hydrogens is 457 g/mol. The number of H-pyrrole nitrogens is 1. The van der Waals surface area contributed by atoms with Crippen LogP contribution in [-0.2, 0) is 27.0 Å². The summed E-state index contributed by atoms with van der Waals surface area (Å²) >= 11 is 0. The molecule has 2 amide bonds. The van der Waals surface area contributed by atoms with Crippen molar-refractivity contribution in [3.05, 3.63) is 30.2 Å². The molecule has 13 heteroatoms. The van der Waals surface area contributed by atoms with E-state index in [1.807, 2.05) is 6.92 Å². The van der Waals surface area contributed by atoms with Crippen molar-refractivity contribution in [1.29, 1.82) is 0 Å². The molecule has 2 atom stereocenters. The lowest BCUT2D eigenvalue weighted by atomic mass is 9.87. The Bertz CT molecular complexity index is 966. The maximum atomic E-state index is 12.9. The summed E-state index contributed by atoms with van der Waals surface area (Å²) in [6, 6.07) is 1.60. The summed E-state index contributed by atoms with van der Waals surface area (Å²) in [5, 5.41) is 14.6. The third-order valence-corrected chi connectivity index (χ3v) is 4.97. The van der Waals surface area contributed by atoms with Gasteiger partial charge in [-0.15, -0.1) is 0 Å². The fraction of sp³-hybridized carbons (Fsp3) is 0.571. The fourth-order valence-electron chi connectivity index (χ4n) is 2.93. The molecule has 0 bridgehead atoms. The van der Waals surface area contributed by atoms with Crippen LogP contribution in [0.1, 0.15) is 52.7 Å². The Morgan fingerprint density at radius 3 is 2.44 bits per heavy atom. The molecular formula is C21H29F3N6O4. The molecule has 2 aromatic heterocycles. The van der Waals surface area contributed by atoms with Crippen LogP contribution in [0.4, 0.5) is 23.8 Å². The van der Waals surface area contributed by atoms with Gasteiger partial charge in [-0.3, -0.25) is 19.4 Å². The Balaban J connectivity index is 2.08. The number of Topliss-reactive ketones (excluding diaryl/α,β-unsaturated/α-hetero) is 1. The molecule has 0 saturated carbocycles. The minimum absolute atomic E-state index is 0.0669. The summed E-state index contributed by atoms with van der Waals surface area (Å²) in [5.41, 5.74) is -1.64. The maximum Gasteiger partial charge on any atom is 0.435 e. The number of nitrogens with one attached hydrogen (secondary N) is 3. The van der Waals surface area contributed by atoms with Gasteiger partial charge in [0.2, 0.25) is 0 Å². The van der Waals surface area contributed by atoms with E-state index >= 15 is 0 Å². The van der Waals surface area contributed by atoms with Gasteiger partial charge in [0.1, 0.15) is 5.82 Å². The van der Waals surface area contributed by atoms with Gasteiger partial charge in [0, 0.05) is 12.3 Å².